The number of carbonyl (C=O) groups excluding carboxylic acids is 2. The number of carboxylic acids is 1. The minimum atomic E-state index is -1.14. The summed E-state index contributed by atoms with van der Waals surface area (Å²) in [4.78, 5) is 39.8. The number of allylic oxidation sites excluding steroid dienone is 2. The third-order valence-corrected chi connectivity index (χ3v) is 14.2. The molecule has 0 amide bonds. The predicted octanol–water partition coefficient (Wildman–Crippen LogP) is 8.68. The van der Waals surface area contributed by atoms with Crippen molar-refractivity contribution in [3.8, 4) is 0 Å². The lowest BCUT2D eigenvalue weighted by Crippen LogP contribution is -2.66. The van der Waals surface area contributed by atoms with Crippen molar-refractivity contribution in [3.05, 3.63) is 53.6 Å². The Kier molecular flexibility index (Phi) is 7.23. The monoisotopic (exact) mass is 600 g/mol. The summed E-state index contributed by atoms with van der Waals surface area (Å²) in [5.74, 6) is -0.271. The summed E-state index contributed by atoms with van der Waals surface area (Å²) >= 11 is 0. The van der Waals surface area contributed by atoms with Gasteiger partial charge < -0.3 is 9.84 Å². The fourth-order valence-corrected chi connectivity index (χ4v) is 11.7. The first-order valence-electron chi connectivity index (χ1n) is 16.9. The van der Waals surface area contributed by atoms with Crippen molar-refractivity contribution in [2.75, 3.05) is 0 Å². The SMILES string of the molecule is CC1(C)C[C@@H](OC(=O)/C=C/c2ccccc2)[C@]2(C(=O)O)CC[C@]3(C)C(=CC[C@@H]4[C@@]5(C)CCC(=O)C(C)(C)[C@@H]5CC[C@]43C)[C@@H]2C1. The maximum Gasteiger partial charge on any atom is 0.331 e. The summed E-state index contributed by atoms with van der Waals surface area (Å²) in [6.07, 6.45) is 12.1. The van der Waals surface area contributed by atoms with Gasteiger partial charge in [-0.15, -0.1) is 0 Å². The Hall–Kier alpha value is -2.69. The fourth-order valence-electron chi connectivity index (χ4n) is 11.7. The van der Waals surface area contributed by atoms with Crippen molar-refractivity contribution >= 4 is 23.8 Å². The summed E-state index contributed by atoms with van der Waals surface area (Å²) in [6, 6.07) is 9.62. The van der Waals surface area contributed by atoms with E-state index in [9.17, 15) is 19.5 Å². The van der Waals surface area contributed by atoms with Gasteiger partial charge in [-0.25, -0.2) is 4.79 Å². The molecule has 4 saturated carbocycles. The van der Waals surface area contributed by atoms with Crippen LogP contribution in [0.4, 0.5) is 0 Å². The van der Waals surface area contributed by atoms with Gasteiger partial charge in [0.1, 0.15) is 17.3 Å². The standard InChI is InChI=1S/C39H52O5/c1-34(2)23-27-26-14-15-29-36(5)19-18-30(40)35(3,4)28(36)17-20-38(29,7)37(26,6)21-22-39(27,33(42)43)31(24-34)44-32(41)16-13-25-11-9-8-10-12-25/h8-14,16,27-29,31H,15,17-24H2,1-7H3,(H,42,43)/b16-13+/t27-,28-,29+,31+,36-,37+,38+,39-/m0/s1. The molecule has 5 aliphatic rings. The number of carbonyl (C=O) groups is 3. The lowest BCUT2D eigenvalue weighted by atomic mass is 9.33. The van der Waals surface area contributed by atoms with Gasteiger partial charge in [-0.1, -0.05) is 90.4 Å². The van der Waals surface area contributed by atoms with Gasteiger partial charge in [-0.05, 0) is 96.5 Å². The lowest BCUT2D eigenvalue weighted by Gasteiger charge is -2.70. The van der Waals surface area contributed by atoms with E-state index in [-0.39, 0.29) is 33.0 Å². The number of Topliss-reactive ketones (excluding diaryl/α,β-unsaturated/α-hetero) is 1. The average Bonchev–Trinajstić information content (AvgIpc) is 2.94. The van der Waals surface area contributed by atoms with Gasteiger partial charge >= 0.3 is 11.9 Å². The van der Waals surface area contributed by atoms with E-state index >= 15 is 0 Å². The molecule has 1 aromatic carbocycles. The van der Waals surface area contributed by atoms with E-state index in [4.69, 9.17) is 4.74 Å². The van der Waals surface area contributed by atoms with Crippen molar-refractivity contribution < 1.29 is 24.2 Å². The van der Waals surface area contributed by atoms with E-state index < -0.39 is 23.5 Å². The van der Waals surface area contributed by atoms with E-state index in [1.807, 2.05) is 30.3 Å². The van der Waals surface area contributed by atoms with Gasteiger partial charge in [0.05, 0.1) is 0 Å². The third kappa shape index (κ3) is 4.34. The highest BCUT2D eigenvalue weighted by Crippen LogP contribution is 2.75. The van der Waals surface area contributed by atoms with Crippen LogP contribution in [0.15, 0.2) is 48.1 Å². The topological polar surface area (TPSA) is 80.7 Å². The Bertz CT molecular complexity index is 1420. The number of esters is 1. The van der Waals surface area contributed by atoms with Crippen LogP contribution in [0.2, 0.25) is 0 Å². The molecule has 8 atom stereocenters. The molecule has 6 rings (SSSR count). The molecular formula is C39H52O5. The molecule has 0 aromatic heterocycles. The second-order valence-electron chi connectivity index (χ2n) is 17.1. The second kappa shape index (κ2) is 10.2. The van der Waals surface area contributed by atoms with Gasteiger partial charge in [-0.3, -0.25) is 9.59 Å². The number of hydrogen-bond donors (Lipinski definition) is 1. The number of aliphatic carboxylic acids is 1. The van der Waals surface area contributed by atoms with Gasteiger partial charge in [0, 0.05) is 23.8 Å². The minimum Gasteiger partial charge on any atom is -0.481 e. The summed E-state index contributed by atoms with van der Waals surface area (Å²) in [6.45, 7) is 16.1. The Morgan fingerprint density at radius 3 is 2.30 bits per heavy atom. The summed E-state index contributed by atoms with van der Waals surface area (Å²) in [5, 5.41) is 11.1. The highest BCUT2D eigenvalue weighted by molar-refractivity contribution is 5.88. The molecule has 1 N–H and O–H groups in total. The summed E-state index contributed by atoms with van der Waals surface area (Å²) in [5.41, 5.74) is 0.523. The first-order chi connectivity index (χ1) is 20.5. The second-order valence-corrected chi connectivity index (χ2v) is 17.1. The molecule has 0 saturated heterocycles. The molecule has 4 fully saturated rings. The van der Waals surface area contributed by atoms with Crippen molar-refractivity contribution in [3.63, 3.8) is 0 Å². The number of fused-ring (bicyclic) bond motifs is 7. The number of carboxylic acid groups (broad SMARTS) is 1. The minimum absolute atomic E-state index is 0.00957. The van der Waals surface area contributed by atoms with Crippen LogP contribution < -0.4 is 0 Å². The number of hydrogen-bond acceptors (Lipinski definition) is 4. The molecule has 0 bridgehead atoms. The molecule has 1 aromatic rings. The normalized spacial score (nSPS) is 42.2. The van der Waals surface area contributed by atoms with Gasteiger partial charge in [-0.2, -0.15) is 0 Å². The maximum atomic E-state index is 13.5. The van der Waals surface area contributed by atoms with E-state index in [0.29, 0.717) is 36.9 Å². The molecule has 5 heteroatoms. The maximum absolute atomic E-state index is 13.5. The summed E-state index contributed by atoms with van der Waals surface area (Å²) < 4.78 is 6.18. The number of benzene rings is 1. The molecule has 0 unspecified atom stereocenters. The largest absolute Gasteiger partial charge is 0.481 e. The lowest BCUT2D eigenvalue weighted by molar-refractivity contribution is -0.205. The molecule has 0 spiro atoms. The Morgan fingerprint density at radius 2 is 1.61 bits per heavy atom. The molecule has 44 heavy (non-hydrogen) atoms. The van der Waals surface area contributed by atoms with E-state index in [1.165, 1.54) is 11.6 Å². The zero-order valence-electron chi connectivity index (χ0n) is 27.9. The third-order valence-electron chi connectivity index (χ3n) is 14.2. The first kappa shape index (κ1) is 31.3. The van der Waals surface area contributed by atoms with Crippen molar-refractivity contribution in [1.82, 2.24) is 0 Å². The van der Waals surface area contributed by atoms with Crippen molar-refractivity contribution in [2.24, 2.45) is 50.2 Å². The van der Waals surface area contributed by atoms with Gasteiger partial charge in [0.15, 0.2) is 0 Å². The quantitative estimate of drug-likeness (QED) is 0.212. The number of rotatable bonds is 4. The predicted molar refractivity (Wildman–Crippen MR) is 172 cm³/mol. The van der Waals surface area contributed by atoms with Crippen LogP contribution in [0.25, 0.3) is 6.08 Å². The Labute approximate surface area is 263 Å². The van der Waals surface area contributed by atoms with Crippen LogP contribution in [-0.2, 0) is 19.1 Å². The molecule has 0 aliphatic heterocycles. The van der Waals surface area contributed by atoms with E-state index in [1.54, 1.807) is 6.08 Å². The van der Waals surface area contributed by atoms with E-state index in [2.05, 4.69) is 54.5 Å². The smallest absolute Gasteiger partial charge is 0.331 e. The van der Waals surface area contributed by atoms with E-state index in [0.717, 1.165) is 44.1 Å². The van der Waals surface area contributed by atoms with Gasteiger partial charge in [0.2, 0.25) is 0 Å². The van der Waals surface area contributed by atoms with Crippen molar-refractivity contribution in [2.45, 2.75) is 112 Å². The van der Waals surface area contributed by atoms with Gasteiger partial charge in [0.25, 0.3) is 0 Å². The molecular weight excluding hydrogens is 548 g/mol. The number of ketones is 1. The van der Waals surface area contributed by atoms with Crippen LogP contribution in [-0.4, -0.2) is 28.9 Å². The number of ether oxygens (including phenoxy) is 1. The van der Waals surface area contributed by atoms with Crippen LogP contribution in [0.5, 0.6) is 0 Å². The Balaban J connectivity index is 1.37. The van der Waals surface area contributed by atoms with Crippen LogP contribution in [0.3, 0.4) is 0 Å². The molecule has 0 heterocycles. The molecule has 0 radical (unpaired) electrons. The van der Waals surface area contributed by atoms with Crippen LogP contribution in [0, 0.1) is 50.2 Å². The van der Waals surface area contributed by atoms with Crippen molar-refractivity contribution in [1.29, 1.82) is 0 Å². The fraction of sp³-hybridized carbons (Fsp3) is 0.667. The summed E-state index contributed by atoms with van der Waals surface area (Å²) in [7, 11) is 0. The highest BCUT2D eigenvalue weighted by Gasteiger charge is 2.71. The molecule has 238 valence electrons. The molecule has 5 nitrogen and oxygen atoms in total. The van der Waals surface area contributed by atoms with Crippen LogP contribution in [0.1, 0.15) is 112 Å². The molecule has 5 aliphatic carbocycles. The zero-order chi connectivity index (χ0) is 31.9. The first-order valence-corrected chi connectivity index (χ1v) is 16.9. The Morgan fingerprint density at radius 1 is 0.909 bits per heavy atom. The zero-order valence-corrected chi connectivity index (χ0v) is 27.9. The average molecular weight is 601 g/mol. The van der Waals surface area contributed by atoms with Crippen LogP contribution >= 0.6 is 0 Å². The highest BCUT2D eigenvalue weighted by atomic mass is 16.5.